The van der Waals surface area contributed by atoms with Crippen molar-refractivity contribution in [1.29, 1.82) is 0 Å². The second kappa shape index (κ2) is 9.02. The molecule has 0 aromatic rings. The van der Waals surface area contributed by atoms with E-state index in [1.165, 1.54) is 82.9 Å². The molecule has 1 saturated heterocycles. The highest BCUT2D eigenvalue weighted by Gasteiger charge is 2.63. The van der Waals surface area contributed by atoms with Gasteiger partial charge in [-0.3, -0.25) is 0 Å². The van der Waals surface area contributed by atoms with E-state index in [-0.39, 0.29) is 0 Å². The van der Waals surface area contributed by atoms with Gasteiger partial charge in [0, 0.05) is 17.1 Å². The van der Waals surface area contributed by atoms with Gasteiger partial charge in [-0.1, -0.05) is 69.8 Å². The van der Waals surface area contributed by atoms with Crippen molar-refractivity contribution in [2.45, 2.75) is 115 Å². The fourth-order valence-corrected chi connectivity index (χ4v) is 12.9. The molecule has 0 bridgehead atoms. The number of nitrogens with one attached hydrogen (secondary N) is 1. The van der Waals surface area contributed by atoms with Gasteiger partial charge in [0.1, 0.15) is 0 Å². The first-order chi connectivity index (χ1) is 15.2. The van der Waals surface area contributed by atoms with Crippen LogP contribution >= 0.6 is 27.7 Å². The van der Waals surface area contributed by atoms with Crippen molar-refractivity contribution in [2.24, 2.45) is 52.3 Å². The topological polar surface area (TPSA) is 12.0 Å². The van der Waals surface area contributed by atoms with Crippen molar-refractivity contribution in [3.05, 3.63) is 0 Å². The summed E-state index contributed by atoms with van der Waals surface area (Å²) in [4.78, 5) is 0.984. The van der Waals surface area contributed by atoms with E-state index in [2.05, 4.69) is 67.6 Å². The minimum absolute atomic E-state index is 0.337. The van der Waals surface area contributed by atoms with Crippen molar-refractivity contribution >= 4 is 27.7 Å². The smallest absolute Gasteiger partial charge is 0.0775 e. The molecular formula is C29H50BrNS. The second-order valence-electron chi connectivity index (χ2n) is 13.7. The summed E-state index contributed by atoms with van der Waals surface area (Å²) in [7, 11) is 0. The molecule has 5 fully saturated rings. The van der Waals surface area contributed by atoms with E-state index in [1.807, 2.05) is 0 Å². The third-order valence-electron chi connectivity index (χ3n) is 11.8. The molecule has 1 nitrogen and oxygen atoms in total. The Kier molecular flexibility index (Phi) is 6.90. The van der Waals surface area contributed by atoms with Crippen LogP contribution in [0.1, 0.15) is 105 Å². The minimum atomic E-state index is 0.337. The summed E-state index contributed by atoms with van der Waals surface area (Å²) in [5.74, 6) is 8.04. The summed E-state index contributed by atoms with van der Waals surface area (Å²) in [5, 5.41) is 3.94. The van der Waals surface area contributed by atoms with Crippen LogP contribution in [0, 0.1) is 52.3 Å². The van der Waals surface area contributed by atoms with E-state index < -0.39 is 0 Å². The fourth-order valence-electron chi connectivity index (χ4n) is 10.1. The van der Waals surface area contributed by atoms with Crippen LogP contribution in [0.25, 0.3) is 0 Å². The molecule has 0 amide bonds. The number of alkyl halides is 1. The van der Waals surface area contributed by atoms with Gasteiger partial charge in [-0.2, -0.15) is 0 Å². The molecule has 1 aliphatic heterocycles. The predicted octanol–water partition coefficient (Wildman–Crippen LogP) is 8.51. The Balaban J connectivity index is 1.30. The number of rotatable bonds is 5. The summed E-state index contributed by atoms with van der Waals surface area (Å²) in [6, 6.07) is 0. The van der Waals surface area contributed by atoms with Crippen LogP contribution in [0.4, 0.5) is 0 Å². The zero-order valence-corrected chi connectivity index (χ0v) is 24.0. The van der Waals surface area contributed by atoms with Crippen molar-refractivity contribution < 1.29 is 0 Å². The molecule has 4 aliphatic carbocycles. The van der Waals surface area contributed by atoms with Gasteiger partial charge in [0.15, 0.2) is 0 Å². The van der Waals surface area contributed by atoms with Crippen LogP contribution in [0.15, 0.2) is 0 Å². The molecule has 1 heterocycles. The molecule has 10 atom stereocenters. The molecule has 0 unspecified atom stereocenters. The van der Waals surface area contributed by atoms with Gasteiger partial charge in [0.25, 0.3) is 0 Å². The molecule has 4 saturated carbocycles. The molecule has 3 heteroatoms. The summed E-state index contributed by atoms with van der Waals surface area (Å²) < 4.78 is 0. The number of halogens is 1. The standard InChI is InChI=1S/C29H50BrNS/c1-19(2)7-6-8-20(3)23-11-12-24-22-10-9-21-17-29(31-15-16-32-29)26(30)18-28(21,5)25(22)13-14-27(23,24)4/h19-26,31H,6-18H2,1-5H3/t20-,21+,22+,23-,24+,25+,26-,27-,28+,29+/m1/s1. The molecule has 5 aliphatic rings. The maximum atomic E-state index is 4.23. The van der Waals surface area contributed by atoms with Crippen molar-refractivity contribution in [1.82, 2.24) is 5.32 Å². The number of fused-ring (bicyclic) bond motifs is 5. The molecular weight excluding hydrogens is 474 g/mol. The summed E-state index contributed by atoms with van der Waals surface area (Å²) in [5.41, 5.74) is 1.20. The average molecular weight is 525 g/mol. The Morgan fingerprint density at radius 2 is 1.72 bits per heavy atom. The summed E-state index contributed by atoms with van der Waals surface area (Å²) >= 11 is 6.46. The van der Waals surface area contributed by atoms with Crippen LogP contribution < -0.4 is 5.32 Å². The predicted molar refractivity (Wildman–Crippen MR) is 144 cm³/mol. The van der Waals surface area contributed by atoms with E-state index >= 15 is 0 Å². The largest absolute Gasteiger partial charge is 0.301 e. The quantitative estimate of drug-likeness (QED) is 0.362. The van der Waals surface area contributed by atoms with E-state index in [0.717, 1.165) is 41.4 Å². The molecule has 184 valence electrons. The lowest BCUT2D eigenvalue weighted by atomic mass is 9.44. The van der Waals surface area contributed by atoms with Gasteiger partial charge in [-0.05, 0) is 104 Å². The number of thioether (sulfide) groups is 1. The summed E-state index contributed by atoms with van der Waals surface area (Å²) in [6.45, 7) is 14.1. The maximum absolute atomic E-state index is 4.23. The third kappa shape index (κ3) is 3.89. The first kappa shape index (κ1) is 24.5. The Hall–Kier alpha value is 0.790. The average Bonchev–Trinajstić information content (AvgIpc) is 3.34. The summed E-state index contributed by atoms with van der Waals surface area (Å²) in [6.07, 6.45) is 16.3. The number of hydrogen-bond donors (Lipinski definition) is 1. The van der Waals surface area contributed by atoms with Crippen LogP contribution in [-0.4, -0.2) is 22.0 Å². The van der Waals surface area contributed by atoms with E-state index in [9.17, 15) is 0 Å². The van der Waals surface area contributed by atoms with Gasteiger partial charge in [0.05, 0.1) is 4.87 Å². The van der Waals surface area contributed by atoms with Crippen molar-refractivity contribution in [3.8, 4) is 0 Å². The van der Waals surface area contributed by atoms with Crippen LogP contribution in [0.2, 0.25) is 0 Å². The highest BCUT2D eigenvalue weighted by Crippen LogP contribution is 2.70. The van der Waals surface area contributed by atoms with Gasteiger partial charge < -0.3 is 5.32 Å². The Bertz CT molecular complexity index is 674. The molecule has 32 heavy (non-hydrogen) atoms. The minimum Gasteiger partial charge on any atom is -0.301 e. The first-order valence-electron chi connectivity index (χ1n) is 14.2. The second-order valence-corrected chi connectivity index (χ2v) is 16.3. The third-order valence-corrected chi connectivity index (χ3v) is 14.8. The molecule has 0 aromatic carbocycles. The van der Waals surface area contributed by atoms with Gasteiger partial charge >= 0.3 is 0 Å². The van der Waals surface area contributed by atoms with Crippen LogP contribution in [0.3, 0.4) is 0 Å². The van der Waals surface area contributed by atoms with Crippen LogP contribution in [-0.2, 0) is 0 Å². The number of hydrogen-bond acceptors (Lipinski definition) is 2. The van der Waals surface area contributed by atoms with Crippen molar-refractivity contribution in [2.75, 3.05) is 12.3 Å². The van der Waals surface area contributed by atoms with E-state index in [0.29, 0.717) is 20.5 Å². The lowest BCUT2D eigenvalue weighted by Crippen LogP contribution is -2.60. The monoisotopic (exact) mass is 523 g/mol. The first-order valence-corrected chi connectivity index (χ1v) is 16.1. The molecule has 5 rings (SSSR count). The van der Waals surface area contributed by atoms with Crippen LogP contribution in [0.5, 0.6) is 0 Å². The maximum Gasteiger partial charge on any atom is 0.0775 e. The van der Waals surface area contributed by atoms with E-state index in [1.54, 1.807) is 0 Å². The Labute approximate surface area is 211 Å². The molecule has 1 spiro atoms. The highest BCUT2D eigenvalue weighted by molar-refractivity contribution is 9.09. The SMILES string of the molecule is CC(C)CCC[C@@H](C)[C@H]1CC[C@H]2[C@@H]3CC[C@H]4C[C@@]5(NCCS5)[C@H](Br)C[C@]4(C)[C@H]3CC[C@]12C. The van der Waals surface area contributed by atoms with Gasteiger partial charge in [-0.15, -0.1) is 11.8 Å². The lowest BCUT2D eigenvalue weighted by molar-refractivity contribution is -0.118. The molecule has 0 radical (unpaired) electrons. The zero-order chi connectivity index (χ0) is 22.7. The fraction of sp³-hybridized carbons (Fsp3) is 1.00. The molecule has 1 N–H and O–H groups in total. The van der Waals surface area contributed by atoms with Gasteiger partial charge in [-0.25, -0.2) is 0 Å². The highest BCUT2D eigenvalue weighted by atomic mass is 79.9. The Morgan fingerprint density at radius 1 is 0.938 bits per heavy atom. The van der Waals surface area contributed by atoms with E-state index in [4.69, 9.17) is 0 Å². The molecule has 0 aromatic heterocycles. The Morgan fingerprint density at radius 3 is 2.44 bits per heavy atom. The lowest BCUT2D eigenvalue weighted by Gasteiger charge is -2.63. The van der Waals surface area contributed by atoms with Gasteiger partial charge in [0.2, 0.25) is 0 Å². The van der Waals surface area contributed by atoms with Crippen molar-refractivity contribution in [3.63, 3.8) is 0 Å². The zero-order valence-electron chi connectivity index (χ0n) is 21.6. The normalized spacial score (nSPS) is 51.5.